The van der Waals surface area contributed by atoms with Crippen molar-refractivity contribution in [1.29, 1.82) is 0 Å². The number of nitrogens with zero attached hydrogens (tertiary/aromatic N) is 3. The summed E-state index contributed by atoms with van der Waals surface area (Å²) in [6.45, 7) is 0.756. The molecule has 126 valence electrons. The number of nitrogens with two attached hydrogens (primary N) is 1. The van der Waals surface area contributed by atoms with Crippen LogP contribution >= 0.6 is 0 Å². The van der Waals surface area contributed by atoms with Crippen molar-refractivity contribution in [3.05, 3.63) is 42.1 Å². The monoisotopic (exact) mass is 329 g/mol. The Hall–Kier alpha value is -3.07. The Bertz CT molecular complexity index is 720. The van der Waals surface area contributed by atoms with Gasteiger partial charge in [0.2, 0.25) is 5.91 Å². The van der Waals surface area contributed by atoms with Gasteiger partial charge >= 0.3 is 0 Å². The molecule has 0 fully saturated rings. The third-order valence-electron chi connectivity index (χ3n) is 3.05. The van der Waals surface area contributed by atoms with Gasteiger partial charge in [-0.2, -0.15) is 0 Å². The molecule has 24 heavy (non-hydrogen) atoms. The molecule has 2 amide bonds. The summed E-state index contributed by atoms with van der Waals surface area (Å²) in [5.74, 6) is -0.450. The topological polar surface area (TPSA) is 135 Å². The number of carbonyl (C=O) groups is 2. The van der Waals surface area contributed by atoms with Gasteiger partial charge in [0.1, 0.15) is 0 Å². The van der Waals surface area contributed by atoms with Crippen molar-refractivity contribution < 1.29 is 9.59 Å². The number of amides is 2. The first kappa shape index (κ1) is 17.3. The van der Waals surface area contributed by atoms with E-state index in [0.29, 0.717) is 18.7 Å². The number of anilines is 2. The maximum absolute atomic E-state index is 11.4. The minimum Gasteiger partial charge on any atom is -0.364 e. The lowest BCUT2D eigenvalue weighted by Gasteiger charge is -2.09. The van der Waals surface area contributed by atoms with Crippen LogP contribution in [0.4, 0.5) is 11.5 Å². The number of rotatable bonds is 8. The summed E-state index contributed by atoms with van der Waals surface area (Å²) in [4.78, 5) is 35.0. The van der Waals surface area contributed by atoms with Crippen LogP contribution in [-0.4, -0.2) is 46.9 Å². The van der Waals surface area contributed by atoms with E-state index in [9.17, 15) is 9.59 Å². The third-order valence-corrected chi connectivity index (χ3v) is 3.05. The van der Waals surface area contributed by atoms with E-state index in [1.165, 1.54) is 12.4 Å². The maximum Gasteiger partial charge on any atom is 0.271 e. The van der Waals surface area contributed by atoms with Crippen LogP contribution in [0.25, 0.3) is 0 Å². The van der Waals surface area contributed by atoms with Gasteiger partial charge in [-0.3, -0.25) is 14.6 Å². The fourth-order valence-corrected chi connectivity index (χ4v) is 1.99. The van der Waals surface area contributed by atoms with Crippen molar-refractivity contribution in [1.82, 2.24) is 25.6 Å². The number of nitrogens with one attached hydrogen (secondary N) is 3. The molecule has 0 aliphatic carbocycles. The fourth-order valence-electron chi connectivity index (χ4n) is 1.99. The lowest BCUT2D eigenvalue weighted by Crippen LogP contribution is -2.33. The molecule has 2 heterocycles. The normalized spacial score (nSPS) is 10.2. The Kier molecular flexibility index (Phi) is 6.15. The summed E-state index contributed by atoms with van der Waals surface area (Å²) in [7, 11) is 1.71. The molecule has 2 aromatic heterocycles. The van der Waals surface area contributed by atoms with Crippen molar-refractivity contribution in [3.8, 4) is 0 Å². The lowest BCUT2D eigenvalue weighted by molar-refractivity contribution is -0.120. The van der Waals surface area contributed by atoms with Crippen LogP contribution in [0.15, 0.2) is 30.7 Å². The van der Waals surface area contributed by atoms with Gasteiger partial charge in [0.25, 0.3) is 5.91 Å². The second-order valence-electron chi connectivity index (χ2n) is 4.91. The molecular weight excluding hydrogens is 310 g/mol. The molecule has 0 radical (unpaired) electrons. The quantitative estimate of drug-likeness (QED) is 0.517. The predicted octanol–water partition coefficient (Wildman–Crippen LogP) is -0.408. The Morgan fingerprint density at radius 3 is 2.71 bits per heavy atom. The molecule has 2 rings (SSSR count). The Morgan fingerprint density at radius 1 is 1.17 bits per heavy atom. The number of primary amides is 1. The van der Waals surface area contributed by atoms with Gasteiger partial charge in [0.15, 0.2) is 11.5 Å². The van der Waals surface area contributed by atoms with E-state index in [1.807, 2.05) is 6.07 Å². The zero-order valence-corrected chi connectivity index (χ0v) is 13.2. The van der Waals surface area contributed by atoms with Crippen LogP contribution in [-0.2, 0) is 11.2 Å². The van der Waals surface area contributed by atoms with Crippen LogP contribution in [0.5, 0.6) is 0 Å². The van der Waals surface area contributed by atoms with Gasteiger partial charge < -0.3 is 21.7 Å². The first-order valence-corrected chi connectivity index (χ1v) is 7.34. The van der Waals surface area contributed by atoms with Gasteiger partial charge in [-0.25, -0.2) is 9.97 Å². The maximum atomic E-state index is 11.4. The van der Waals surface area contributed by atoms with Gasteiger partial charge in [-0.15, -0.1) is 0 Å². The van der Waals surface area contributed by atoms with E-state index >= 15 is 0 Å². The standard InChI is InChI=1S/C15H19N7O2/c1-17-9-12(23)19-5-2-10-8-11(3-4-18-10)22-15-13(14(16)24)20-6-7-21-15/h3-4,6-8,17H,2,5,9H2,1H3,(H2,16,24)(H,19,23)(H,18,21,22). The first-order valence-electron chi connectivity index (χ1n) is 7.34. The molecule has 5 N–H and O–H groups in total. The predicted molar refractivity (Wildman–Crippen MR) is 88.7 cm³/mol. The number of carbonyl (C=O) groups excluding carboxylic acids is 2. The minimum atomic E-state index is -0.660. The van der Waals surface area contributed by atoms with Gasteiger partial charge in [0.05, 0.1) is 6.54 Å². The van der Waals surface area contributed by atoms with E-state index in [2.05, 4.69) is 30.9 Å². The van der Waals surface area contributed by atoms with Crippen molar-refractivity contribution >= 4 is 23.3 Å². The zero-order valence-electron chi connectivity index (χ0n) is 13.2. The Morgan fingerprint density at radius 2 is 1.96 bits per heavy atom. The van der Waals surface area contributed by atoms with Crippen LogP contribution in [0.2, 0.25) is 0 Å². The second-order valence-corrected chi connectivity index (χ2v) is 4.91. The average Bonchev–Trinajstić information content (AvgIpc) is 2.56. The van der Waals surface area contributed by atoms with Crippen molar-refractivity contribution in [2.75, 3.05) is 25.5 Å². The molecular formula is C15H19N7O2. The molecule has 0 saturated carbocycles. The van der Waals surface area contributed by atoms with Crippen molar-refractivity contribution in [2.45, 2.75) is 6.42 Å². The van der Waals surface area contributed by atoms with Crippen molar-refractivity contribution in [2.24, 2.45) is 5.73 Å². The molecule has 9 nitrogen and oxygen atoms in total. The number of hydrogen-bond acceptors (Lipinski definition) is 7. The highest BCUT2D eigenvalue weighted by atomic mass is 16.2. The third kappa shape index (κ3) is 4.99. The highest BCUT2D eigenvalue weighted by Crippen LogP contribution is 2.17. The summed E-state index contributed by atoms with van der Waals surface area (Å²) in [6.07, 6.45) is 5.08. The SMILES string of the molecule is CNCC(=O)NCCc1cc(Nc2nccnc2C(N)=O)ccn1. The van der Waals surface area contributed by atoms with Gasteiger partial charge in [-0.1, -0.05) is 0 Å². The molecule has 0 bridgehead atoms. The van der Waals surface area contributed by atoms with Crippen LogP contribution in [0, 0.1) is 0 Å². The summed E-state index contributed by atoms with van der Waals surface area (Å²) in [5, 5.41) is 8.56. The minimum absolute atomic E-state index is 0.0650. The van der Waals surface area contributed by atoms with E-state index in [0.717, 1.165) is 5.69 Å². The summed E-state index contributed by atoms with van der Waals surface area (Å²) in [5.41, 5.74) is 6.83. The number of aromatic nitrogens is 3. The number of pyridine rings is 1. The summed E-state index contributed by atoms with van der Waals surface area (Å²) >= 11 is 0. The van der Waals surface area contributed by atoms with Crippen LogP contribution < -0.4 is 21.7 Å². The highest BCUT2D eigenvalue weighted by Gasteiger charge is 2.11. The highest BCUT2D eigenvalue weighted by molar-refractivity contribution is 5.96. The zero-order chi connectivity index (χ0) is 17.4. The molecule has 0 aliphatic rings. The van der Waals surface area contributed by atoms with E-state index in [-0.39, 0.29) is 24.0 Å². The fraction of sp³-hybridized carbons (Fsp3) is 0.267. The molecule has 0 saturated heterocycles. The Balaban J connectivity index is 2.01. The smallest absolute Gasteiger partial charge is 0.271 e. The summed E-state index contributed by atoms with van der Waals surface area (Å²) < 4.78 is 0. The molecule has 0 aromatic carbocycles. The number of hydrogen-bond donors (Lipinski definition) is 4. The molecule has 0 aliphatic heterocycles. The average molecular weight is 329 g/mol. The molecule has 0 spiro atoms. The lowest BCUT2D eigenvalue weighted by atomic mass is 10.2. The molecule has 9 heteroatoms. The molecule has 0 unspecified atom stereocenters. The van der Waals surface area contributed by atoms with Gasteiger partial charge in [-0.05, 0) is 19.2 Å². The van der Waals surface area contributed by atoms with Crippen LogP contribution in [0.1, 0.15) is 16.2 Å². The van der Waals surface area contributed by atoms with E-state index in [1.54, 1.807) is 19.3 Å². The Labute approximate surface area is 139 Å². The number of likely N-dealkylation sites (N-methyl/N-ethyl adjacent to an activating group) is 1. The second kappa shape index (κ2) is 8.53. The first-order chi connectivity index (χ1) is 11.6. The van der Waals surface area contributed by atoms with Crippen LogP contribution in [0.3, 0.4) is 0 Å². The summed E-state index contributed by atoms with van der Waals surface area (Å²) in [6, 6.07) is 3.55. The molecule has 2 aromatic rings. The molecule has 0 atom stereocenters. The van der Waals surface area contributed by atoms with Gasteiger partial charge in [0, 0.05) is 42.9 Å². The van der Waals surface area contributed by atoms with E-state index < -0.39 is 5.91 Å². The van der Waals surface area contributed by atoms with Crippen molar-refractivity contribution in [3.63, 3.8) is 0 Å². The largest absolute Gasteiger partial charge is 0.364 e. The van der Waals surface area contributed by atoms with E-state index in [4.69, 9.17) is 5.73 Å².